The topological polar surface area (TPSA) is 40.6 Å². The maximum absolute atomic E-state index is 12.8. The Labute approximate surface area is 146 Å². The molecule has 4 nitrogen and oxygen atoms in total. The highest BCUT2D eigenvalue weighted by Gasteiger charge is 2.50. The van der Waals surface area contributed by atoms with Gasteiger partial charge in [0.2, 0.25) is 0 Å². The van der Waals surface area contributed by atoms with Crippen molar-refractivity contribution in [3.63, 3.8) is 0 Å². The van der Waals surface area contributed by atoms with E-state index in [1.54, 1.807) is 16.7 Å². The molecule has 2 aromatic rings. The molecule has 0 atom stereocenters. The van der Waals surface area contributed by atoms with E-state index in [0.717, 1.165) is 10.5 Å². The number of amides is 3. The summed E-state index contributed by atoms with van der Waals surface area (Å²) in [5.74, 6) is 0.303. The molecule has 1 saturated heterocycles. The number of benzene rings is 2. The minimum Gasteiger partial charge on any atom is -0.300 e. The lowest BCUT2D eigenvalue weighted by molar-refractivity contribution is -0.132. The van der Waals surface area contributed by atoms with E-state index in [4.69, 9.17) is 0 Å². The average molecular weight is 340 g/mol. The van der Waals surface area contributed by atoms with Crippen LogP contribution in [0.1, 0.15) is 19.4 Å². The van der Waals surface area contributed by atoms with E-state index >= 15 is 0 Å². The van der Waals surface area contributed by atoms with Crippen LogP contribution in [0.25, 0.3) is 0 Å². The van der Waals surface area contributed by atoms with Gasteiger partial charge in [0.25, 0.3) is 5.91 Å². The second-order valence-electron chi connectivity index (χ2n) is 6.23. The molecule has 0 bridgehead atoms. The number of urea groups is 1. The molecule has 3 amide bonds. The minimum atomic E-state index is -0.826. The fourth-order valence-electron chi connectivity index (χ4n) is 2.70. The maximum atomic E-state index is 12.8. The van der Waals surface area contributed by atoms with Crippen molar-refractivity contribution < 1.29 is 9.59 Å². The monoisotopic (exact) mass is 340 g/mol. The summed E-state index contributed by atoms with van der Waals surface area (Å²) in [4.78, 5) is 29.6. The van der Waals surface area contributed by atoms with E-state index in [1.807, 2.05) is 74.5 Å². The Morgan fingerprint density at radius 2 is 1.50 bits per heavy atom. The first-order valence-corrected chi connectivity index (χ1v) is 8.84. The fourth-order valence-corrected chi connectivity index (χ4v) is 3.76. The average Bonchev–Trinajstić information content (AvgIpc) is 2.75. The number of nitrogens with zero attached hydrogens (tertiary/aromatic N) is 2. The van der Waals surface area contributed by atoms with Crippen molar-refractivity contribution >= 4 is 23.7 Å². The molecule has 1 aliphatic heterocycles. The molecule has 0 unspecified atom stereocenters. The van der Waals surface area contributed by atoms with Gasteiger partial charge in [-0.05, 0) is 31.5 Å². The number of rotatable bonds is 5. The molecule has 24 heavy (non-hydrogen) atoms. The van der Waals surface area contributed by atoms with Gasteiger partial charge in [-0.1, -0.05) is 48.5 Å². The molecule has 1 aliphatic rings. The second-order valence-corrected chi connectivity index (χ2v) is 7.25. The smallest absolute Gasteiger partial charge is 0.300 e. The highest BCUT2D eigenvalue weighted by atomic mass is 32.2. The molecule has 1 fully saturated rings. The van der Waals surface area contributed by atoms with Gasteiger partial charge in [-0.25, -0.2) is 4.79 Å². The Morgan fingerprint density at radius 3 is 2.12 bits per heavy atom. The zero-order valence-electron chi connectivity index (χ0n) is 13.8. The van der Waals surface area contributed by atoms with Gasteiger partial charge >= 0.3 is 6.03 Å². The van der Waals surface area contributed by atoms with E-state index in [2.05, 4.69) is 0 Å². The van der Waals surface area contributed by atoms with Crippen LogP contribution in [-0.2, 0) is 11.3 Å². The quantitative estimate of drug-likeness (QED) is 0.611. The van der Waals surface area contributed by atoms with E-state index in [-0.39, 0.29) is 11.9 Å². The molecule has 1 heterocycles. The third-order valence-electron chi connectivity index (χ3n) is 4.19. The number of hydrogen-bond acceptors (Lipinski definition) is 3. The van der Waals surface area contributed by atoms with Crippen LogP contribution >= 0.6 is 11.8 Å². The van der Waals surface area contributed by atoms with Gasteiger partial charge in [0.15, 0.2) is 0 Å². The van der Waals surface area contributed by atoms with Gasteiger partial charge in [0, 0.05) is 4.90 Å². The molecule has 3 rings (SSSR count). The first-order valence-electron chi connectivity index (χ1n) is 7.85. The molecule has 0 aromatic heterocycles. The molecule has 0 saturated carbocycles. The Balaban J connectivity index is 1.75. The number of imide groups is 1. The first-order chi connectivity index (χ1) is 11.5. The summed E-state index contributed by atoms with van der Waals surface area (Å²) in [5.41, 5.74) is 0.126. The van der Waals surface area contributed by atoms with Crippen molar-refractivity contribution in [2.24, 2.45) is 0 Å². The summed E-state index contributed by atoms with van der Waals surface area (Å²) in [6.45, 7) is 3.93. The van der Waals surface area contributed by atoms with Crippen LogP contribution in [0.2, 0.25) is 0 Å². The van der Waals surface area contributed by atoms with Crippen molar-refractivity contribution in [3.8, 4) is 0 Å². The summed E-state index contributed by atoms with van der Waals surface area (Å²) in [5, 5.41) is 0. The maximum Gasteiger partial charge on any atom is 0.328 e. The SMILES string of the molecule is CC1(C)C(=O)N(Cc2ccccc2)C(=O)N1CSc1ccccc1. The van der Waals surface area contributed by atoms with Gasteiger partial charge in [-0.2, -0.15) is 0 Å². The Bertz CT molecular complexity index is 732. The van der Waals surface area contributed by atoms with E-state index in [9.17, 15) is 9.59 Å². The van der Waals surface area contributed by atoms with Crippen molar-refractivity contribution in [1.29, 1.82) is 0 Å². The van der Waals surface area contributed by atoms with E-state index in [0.29, 0.717) is 12.4 Å². The van der Waals surface area contributed by atoms with Crippen LogP contribution in [0, 0.1) is 0 Å². The number of carbonyl (C=O) groups is 2. The zero-order valence-corrected chi connectivity index (χ0v) is 14.6. The standard InChI is InChI=1S/C19H20N2O2S/c1-19(2)17(22)20(13-15-9-5-3-6-10-15)18(23)21(19)14-24-16-11-7-4-8-12-16/h3-12H,13-14H2,1-2H3. The van der Waals surface area contributed by atoms with Crippen molar-refractivity contribution in [2.45, 2.75) is 30.8 Å². The highest BCUT2D eigenvalue weighted by Crippen LogP contribution is 2.32. The van der Waals surface area contributed by atoms with Gasteiger partial charge in [0.1, 0.15) is 5.54 Å². The molecule has 124 valence electrons. The van der Waals surface area contributed by atoms with Crippen LogP contribution in [0.4, 0.5) is 4.79 Å². The summed E-state index contributed by atoms with van der Waals surface area (Å²) in [6, 6.07) is 19.3. The lowest BCUT2D eigenvalue weighted by Gasteiger charge is -2.27. The number of carbonyl (C=O) groups excluding carboxylic acids is 2. The third-order valence-corrected chi connectivity index (χ3v) is 5.18. The number of thioether (sulfide) groups is 1. The fraction of sp³-hybridized carbons (Fsp3) is 0.263. The Kier molecular flexibility index (Phi) is 4.62. The number of hydrogen-bond donors (Lipinski definition) is 0. The zero-order chi connectivity index (χ0) is 17.2. The van der Waals surface area contributed by atoms with Gasteiger partial charge < -0.3 is 4.90 Å². The molecular formula is C19H20N2O2S. The van der Waals surface area contributed by atoms with Crippen LogP contribution in [-0.4, -0.2) is 33.2 Å². The van der Waals surface area contributed by atoms with Crippen LogP contribution in [0.3, 0.4) is 0 Å². The van der Waals surface area contributed by atoms with Crippen LogP contribution in [0.15, 0.2) is 65.6 Å². The molecular weight excluding hydrogens is 320 g/mol. The predicted molar refractivity (Wildman–Crippen MR) is 95.5 cm³/mol. The summed E-state index contributed by atoms with van der Waals surface area (Å²) in [7, 11) is 0. The summed E-state index contributed by atoms with van der Waals surface area (Å²) in [6.07, 6.45) is 0. The van der Waals surface area contributed by atoms with Gasteiger partial charge in [-0.3, -0.25) is 9.69 Å². The van der Waals surface area contributed by atoms with E-state index < -0.39 is 5.54 Å². The molecule has 2 aromatic carbocycles. The molecule has 0 spiro atoms. The minimum absolute atomic E-state index is 0.148. The Hall–Kier alpha value is -2.27. The third kappa shape index (κ3) is 3.17. The van der Waals surface area contributed by atoms with E-state index in [1.165, 1.54) is 4.90 Å². The molecule has 0 radical (unpaired) electrons. The normalized spacial score (nSPS) is 16.8. The highest BCUT2D eigenvalue weighted by molar-refractivity contribution is 7.99. The lowest BCUT2D eigenvalue weighted by Crippen LogP contribution is -2.43. The predicted octanol–water partition coefficient (Wildman–Crippen LogP) is 3.98. The van der Waals surface area contributed by atoms with Crippen molar-refractivity contribution in [1.82, 2.24) is 9.80 Å². The summed E-state index contributed by atoms with van der Waals surface area (Å²) >= 11 is 1.56. The van der Waals surface area contributed by atoms with Crippen LogP contribution < -0.4 is 0 Å². The van der Waals surface area contributed by atoms with Crippen LogP contribution in [0.5, 0.6) is 0 Å². The Morgan fingerprint density at radius 1 is 0.917 bits per heavy atom. The molecule has 0 N–H and O–H groups in total. The van der Waals surface area contributed by atoms with Crippen molar-refractivity contribution in [3.05, 3.63) is 66.2 Å². The van der Waals surface area contributed by atoms with Gasteiger partial charge in [-0.15, -0.1) is 11.8 Å². The largest absolute Gasteiger partial charge is 0.328 e. The second kappa shape index (κ2) is 6.69. The molecule has 0 aliphatic carbocycles. The first kappa shape index (κ1) is 16.6. The molecule has 5 heteroatoms. The van der Waals surface area contributed by atoms with Gasteiger partial charge in [0.05, 0.1) is 12.4 Å². The summed E-state index contributed by atoms with van der Waals surface area (Å²) < 4.78 is 0. The van der Waals surface area contributed by atoms with Crippen molar-refractivity contribution in [2.75, 3.05) is 5.88 Å². The lowest BCUT2D eigenvalue weighted by atomic mass is 10.0.